The lowest BCUT2D eigenvalue weighted by Crippen LogP contribution is -2.19. The topological polar surface area (TPSA) is 49.9 Å². The normalized spacial score (nSPS) is 12.4. The highest BCUT2D eigenvalue weighted by Crippen LogP contribution is 2.18. The van der Waals surface area contributed by atoms with Gasteiger partial charge in [0.2, 0.25) is 0 Å². The number of nitrogens with zero attached hydrogens (tertiary/aromatic N) is 1. The number of nitrogens with one attached hydrogen (secondary N) is 2. The molecule has 2 aromatic rings. The minimum atomic E-state index is 0.211. The fourth-order valence-electron chi connectivity index (χ4n) is 1.93. The van der Waals surface area contributed by atoms with E-state index in [2.05, 4.69) is 41.3 Å². The predicted molar refractivity (Wildman–Crippen MR) is 71.6 cm³/mol. The second-order valence-corrected chi connectivity index (χ2v) is 4.38. The molecular weight excluding hydrogens is 226 g/mol. The zero-order valence-corrected chi connectivity index (χ0v) is 11.0. The van der Waals surface area contributed by atoms with Crippen molar-refractivity contribution in [2.45, 2.75) is 26.4 Å². The highest BCUT2D eigenvalue weighted by molar-refractivity contribution is 5.36. The van der Waals surface area contributed by atoms with Gasteiger partial charge >= 0.3 is 0 Å². The molecule has 18 heavy (non-hydrogen) atoms. The van der Waals surface area contributed by atoms with Crippen molar-refractivity contribution in [3.63, 3.8) is 0 Å². The van der Waals surface area contributed by atoms with Crippen molar-refractivity contribution in [2.24, 2.45) is 0 Å². The van der Waals surface area contributed by atoms with Crippen molar-refractivity contribution in [2.75, 3.05) is 7.11 Å². The zero-order chi connectivity index (χ0) is 13.0. The van der Waals surface area contributed by atoms with E-state index in [1.807, 2.05) is 12.3 Å². The first-order valence-corrected chi connectivity index (χ1v) is 6.07. The van der Waals surface area contributed by atoms with Gasteiger partial charge in [-0.1, -0.05) is 12.1 Å². The van der Waals surface area contributed by atoms with Gasteiger partial charge in [-0.25, -0.2) is 4.98 Å². The summed E-state index contributed by atoms with van der Waals surface area (Å²) in [6.45, 7) is 4.96. The molecule has 0 aliphatic carbocycles. The Labute approximate surface area is 107 Å². The van der Waals surface area contributed by atoms with Crippen LogP contribution in [-0.2, 0) is 6.54 Å². The second kappa shape index (κ2) is 5.69. The number of rotatable bonds is 5. The van der Waals surface area contributed by atoms with Crippen LogP contribution in [0.3, 0.4) is 0 Å². The van der Waals surface area contributed by atoms with Crippen LogP contribution >= 0.6 is 0 Å². The van der Waals surface area contributed by atoms with Gasteiger partial charge in [0.05, 0.1) is 13.2 Å². The summed E-state index contributed by atoms with van der Waals surface area (Å²) in [6.07, 6.45) is 3.61. The maximum absolute atomic E-state index is 5.25. The van der Waals surface area contributed by atoms with Crippen LogP contribution in [0.4, 0.5) is 0 Å². The molecule has 0 saturated carbocycles. The van der Waals surface area contributed by atoms with Crippen LogP contribution in [0, 0.1) is 6.92 Å². The molecule has 1 atom stereocenters. The van der Waals surface area contributed by atoms with E-state index in [0.29, 0.717) is 0 Å². The number of ether oxygens (including phenoxy) is 1. The highest BCUT2D eigenvalue weighted by Gasteiger charge is 2.07. The minimum Gasteiger partial charge on any atom is -0.496 e. The standard InChI is InChI=1S/C14H19N3O/c1-10-8-12(4-5-13(10)18-3)9-17-11(2)14-15-6-7-16-14/h4-8,11,17H,9H2,1-3H3,(H,15,16). The Bertz CT molecular complexity index is 494. The fraction of sp³-hybridized carbons (Fsp3) is 0.357. The quantitative estimate of drug-likeness (QED) is 0.851. The summed E-state index contributed by atoms with van der Waals surface area (Å²) in [4.78, 5) is 7.34. The number of methoxy groups -OCH3 is 1. The minimum absolute atomic E-state index is 0.211. The molecule has 4 nitrogen and oxygen atoms in total. The van der Waals surface area contributed by atoms with Crippen LogP contribution in [0.5, 0.6) is 5.75 Å². The van der Waals surface area contributed by atoms with Crippen LogP contribution in [0.2, 0.25) is 0 Å². The van der Waals surface area contributed by atoms with E-state index in [4.69, 9.17) is 4.74 Å². The molecule has 2 rings (SSSR count). The first kappa shape index (κ1) is 12.6. The van der Waals surface area contributed by atoms with E-state index in [9.17, 15) is 0 Å². The third kappa shape index (κ3) is 2.90. The Morgan fingerprint density at radius 2 is 2.28 bits per heavy atom. The first-order valence-electron chi connectivity index (χ1n) is 6.07. The fourth-order valence-corrected chi connectivity index (χ4v) is 1.93. The SMILES string of the molecule is COc1ccc(CNC(C)c2ncc[nH]2)cc1C. The van der Waals surface area contributed by atoms with E-state index in [-0.39, 0.29) is 6.04 Å². The number of hydrogen-bond donors (Lipinski definition) is 2. The van der Waals surface area contributed by atoms with Crippen molar-refractivity contribution < 1.29 is 4.74 Å². The molecule has 2 N–H and O–H groups in total. The molecule has 4 heteroatoms. The van der Waals surface area contributed by atoms with Gasteiger partial charge in [0, 0.05) is 18.9 Å². The Morgan fingerprint density at radius 3 is 2.89 bits per heavy atom. The van der Waals surface area contributed by atoms with Crippen LogP contribution in [0.1, 0.15) is 29.9 Å². The molecule has 1 heterocycles. The zero-order valence-electron chi connectivity index (χ0n) is 11.0. The van der Waals surface area contributed by atoms with Crippen LogP contribution in [-0.4, -0.2) is 17.1 Å². The number of aromatic amines is 1. The maximum atomic E-state index is 5.25. The molecule has 0 saturated heterocycles. The molecule has 0 aliphatic heterocycles. The molecule has 0 spiro atoms. The third-order valence-corrected chi connectivity index (χ3v) is 3.00. The Balaban J connectivity index is 1.96. The van der Waals surface area contributed by atoms with Gasteiger partial charge in [0.15, 0.2) is 0 Å². The lowest BCUT2D eigenvalue weighted by molar-refractivity contribution is 0.411. The smallest absolute Gasteiger partial charge is 0.122 e. The van der Waals surface area contributed by atoms with Gasteiger partial charge in [-0.2, -0.15) is 0 Å². The largest absolute Gasteiger partial charge is 0.496 e. The average Bonchev–Trinajstić information content (AvgIpc) is 2.90. The summed E-state index contributed by atoms with van der Waals surface area (Å²) >= 11 is 0. The van der Waals surface area contributed by atoms with Gasteiger partial charge in [-0.3, -0.25) is 0 Å². The number of aryl methyl sites for hydroxylation is 1. The highest BCUT2D eigenvalue weighted by atomic mass is 16.5. The Kier molecular flexibility index (Phi) is 3.99. The van der Waals surface area contributed by atoms with Crippen molar-refractivity contribution in [3.05, 3.63) is 47.5 Å². The summed E-state index contributed by atoms with van der Waals surface area (Å²) in [5, 5.41) is 3.43. The molecule has 0 aliphatic rings. The second-order valence-electron chi connectivity index (χ2n) is 4.38. The van der Waals surface area contributed by atoms with E-state index in [1.54, 1.807) is 13.3 Å². The van der Waals surface area contributed by atoms with Crippen molar-refractivity contribution in [1.29, 1.82) is 0 Å². The maximum Gasteiger partial charge on any atom is 0.122 e. The molecule has 0 bridgehead atoms. The molecule has 1 aromatic heterocycles. The monoisotopic (exact) mass is 245 g/mol. The molecule has 0 amide bonds. The molecule has 1 unspecified atom stereocenters. The number of aromatic nitrogens is 2. The summed E-state index contributed by atoms with van der Waals surface area (Å²) < 4.78 is 5.25. The number of benzene rings is 1. The van der Waals surface area contributed by atoms with Gasteiger partial charge < -0.3 is 15.0 Å². The van der Waals surface area contributed by atoms with Crippen LogP contribution < -0.4 is 10.1 Å². The van der Waals surface area contributed by atoms with Crippen LogP contribution in [0.25, 0.3) is 0 Å². The summed E-state index contributed by atoms with van der Waals surface area (Å²) in [5.41, 5.74) is 2.40. The summed E-state index contributed by atoms with van der Waals surface area (Å²) in [6, 6.07) is 6.43. The lowest BCUT2D eigenvalue weighted by Gasteiger charge is -2.12. The van der Waals surface area contributed by atoms with E-state index >= 15 is 0 Å². The molecule has 1 aromatic carbocycles. The van der Waals surface area contributed by atoms with Gasteiger partial charge in [-0.05, 0) is 31.0 Å². The van der Waals surface area contributed by atoms with E-state index in [0.717, 1.165) is 23.7 Å². The molecule has 0 radical (unpaired) electrons. The Morgan fingerprint density at radius 1 is 1.44 bits per heavy atom. The number of H-pyrrole nitrogens is 1. The third-order valence-electron chi connectivity index (χ3n) is 3.00. The van der Waals surface area contributed by atoms with Gasteiger partial charge in [0.25, 0.3) is 0 Å². The summed E-state index contributed by atoms with van der Waals surface area (Å²) in [5.74, 6) is 1.89. The predicted octanol–water partition coefficient (Wildman–Crippen LogP) is 2.58. The van der Waals surface area contributed by atoms with Crippen LogP contribution in [0.15, 0.2) is 30.6 Å². The van der Waals surface area contributed by atoms with Crippen molar-refractivity contribution in [3.8, 4) is 5.75 Å². The first-order chi connectivity index (χ1) is 8.70. The van der Waals surface area contributed by atoms with E-state index in [1.165, 1.54) is 5.56 Å². The van der Waals surface area contributed by atoms with Gasteiger partial charge in [-0.15, -0.1) is 0 Å². The van der Waals surface area contributed by atoms with Gasteiger partial charge in [0.1, 0.15) is 11.6 Å². The molecule has 96 valence electrons. The molecular formula is C14H19N3O. The Hall–Kier alpha value is -1.81. The van der Waals surface area contributed by atoms with Crippen molar-refractivity contribution >= 4 is 0 Å². The van der Waals surface area contributed by atoms with E-state index < -0.39 is 0 Å². The summed E-state index contributed by atoms with van der Waals surface area (Å²) in [7, 11) is 1.69. The average molecular weight is 245 g/mol. The number of imidazole rings is 1. The lowest BCUT2D eigenvalue weighted by atomic mass is 10.1. The van der Waals surface area contributed by atoms with Crippen molar-refractivity contribution in [1.82, 2.24) is 15.3 Å². The molecule has 0 fully saturated rings. The number of hydrogen-bond acceptors (Lipinski definition) is 3.